The Kier molecular flexibility index (Phi) is 9.36. The van der Waals surface area contributed by atoms with Gasteiger partial charge >= 0.3 is 13.7 Å². The van der Waals surface area contributed by atoms with Crippen molar-refractivity contribution in [1.82, 2.24) is 24.6 Å². The van der Waals surface area contributed by atoms with Crippen LogP contribution in [0.25, 0.3) is 11.2 Å². The van der Waals surface area contributed by atoms with Crippen LogP contribution in [-0.2, 0) is 34.7 Å². The zero-order chi connectivity index (χ0) is 29.0. The number of aliphatic hydroxyl groups excluding tert-OH is 1. The summed E-state index contributed by atoms with van der Waals surface area (Å²) in [7, 11) is -2.67. The van der Waals surface area contributed by atoms with E-state index < -0.39 is 50.8 Å². The van der Waals surface area contributed by atoms with Crippen LogP contribution in [0.3, 0.4) is 0 Å². The summed E-state index contributed by atoms with van der Waals surface area (Å²) in [5, 5.41) is 13.5. The van der Waals surface area contributed by atoms with Crippen LogP contribution < -0.4 is 21.1 Å². The van der Waals surface area contributed by atoms with Gasteiger partial charge in [-0.2, -0.15) is 10.1 Å². The molecular weight excluding hydrogens is 545 g/mol. The molecule has 3 heterocycles. The molecule has 0 amide bonds. The first kappa shape index (κ1) is 29.8. The normalized spacial score (nSPS) is 23.3. The summed E-state index contributed by atoms with van der Waals surface area (Å²) in [5.41, 5.74) is 13.4. The summed E-state index contributed by atoms with van der Waals surface area (Å²) in [6, 6.07) is 6.32. The molecule has 0 bridgehead atoms. The first-order valence-corrected chi connectivity index (χ1v) is 14.1. The molecule has 16 heteroatoms. The summed E-state index contributed by atoms with van der Waals surface area (Å²) >= 11 is 0. The minimum absolute atomic E-state index is 0.00323. The van der Waals surface area contributed by atoms with E-state index in [4.69, 9.17) is 34.7 Å². The number of esters is 1. The van der Waals surface area contributed by atoms with Crippen molar-refractivity contribution in [1.29, 1.82) is 0 Å². The average Bonchev–Trinajstić information content (AvgIpc) is 3.43. The predicted molar refractivity (Wildman–Crippen MR) is 143 cm³/mol. The number of aromatic nitrogens is 4. The fraction of sp³-hybridized carbons (Fsp3) is 0.500. The number of imidazole rings is 1. The topological polar surface area (TPSA) is 208 Å². The number of nitrogen functional groups attached to an aromatic ring is 1. The molecule has 1 fully saturated rings. The number of rotatable bonds is 12. The van der Waals surface area contributed by atoms with Crippen molar-refractivity contribution in [3.8, 4) is 5.75 Å². The van der Waals surface area contributed by atoms with Crippen molar-refractivity contribution in [2.24, 2.45) is 5.73 Å². The number of aliphatic hydroxyl groups is 1. The van der Waals surface area contributed by atoms with Crippen molar-refractivity contribution >= 4 is 30.8 Å². The third-order valence-electron chi connectivity index (χ3n) is 5.92. The molecule has 2 aromatic heterocycles. The molecule has 40 heavy (non-hydrogen) atoms. The molecule has 3 aromatic rings. The second kappa shape index (κ2) is 12.6. The third-order valence-corrected chi connectivity index (χ3v) is 7.56. The lowest BCUT2D eigenvalue weighted by Crippen LogP contribution is -2.41. The number of hydrogen-bond donors (Lipinski definition) is 4. The van der Waals surface area contributed by atoms with Gasteiger partial charge in [0, 0.05) is 7.11 Å². The standard InChI is InChI=1S/C24H34N7O8P/c1-13(2)37-23(33)14(3)30-40(34,39-15-8-6-5-7-9-15)36-11-17-20(32)18(25)22(38-17)31-12-27-19-16(10-35-4)28-24(26)29-21(19)31/h5-9,12-14,17-18,20,22,32H,10-11,25H2,1-4H3,(H,30,34)(H2,26,28,29)/t14-,17+,18+,20+,22+,40+/m0/s1. The number of ether oxygens (including phenoxy) is 3. The lowest BCUT2D eigenvalue weighted by atomic mass is 10.1. The van der Waals surface area contributed by atoms with Gasteiger partial charge in [-0.3, -0.25) is 13.9 Å². The van der Waals surface area contributed by atoms with Crippen molar-refractivity contribution < 1.29 is 37.7 Å². The number of carbonyl (C=O) groups is 1. The number of methoxy groups -OCH3 is 1. The summed E-state index contributed by atoms with van der Waals surface area (Å²) in [6.45, 7) is 4.62. The first-order chi connectivity index (χ1) is 19.0. The maximum Gasteiger partial charge on any atom is 0.459 e. The van der Waals surface area contributed by atoms with Crippen LogP contribution in [0.1, 0.15) is 32.7 Å². The predicted octanol–water partition coefficient (Wildman–Crippen LogP) is 1.27. The van der Waals surface area contributed by atoms with E-state index in [0.29, 0.717) is 16.9 Å². The Morgan fingerprint density at radius 3 is 2.65 bits per heavy atom. The van der Waals surface area contributed by atoms with Crippen molar-refractivity contribution in [2.75, 3.05) is 19.5 Å². The van der Waals surface area contributed by atoms with Crippen molar-refractivity contribution in [3.05, 3.63) is 42.4 Å². The molecule has 6 atom stereocenters. The summed E-state index contributed by atoms with van der Waals surface area (Å²) in [6.07, 6.45) is -2.10. The number of fused-ring (bicyclic) bond motifs is 1. The SMILES string of the molecule is COCc1nc(N)nc2c1ncn2[C@@H]1O[C@H](CO[P@](=O)(N[C@@H](C)C(=O)OC(C)C)Oc2ccccc2)[C@@H](O)[C@H]1N. The molecule has 6 N–H and O–H groups in total. The number of anilines is 1. The average molecular weight is 580 g/mol. The number of benzene rings is 1. The Hall–Kier alpha value is -3.17. The Bertz CT molecular complexity index is 1360. The molecule has 15 nitrogen and oxygen atoms in total. The lowest BCUT2D eigenvalue weighted by molar-refractivity contribution is -0.149. The quantitative estimate of drug-likeness (QED) is 0.176. The highest BCUT2D eigenvalue weighted by Crippen LogP contribution is 2.46. The van der Waals surface area contributed by atoms with Gasteiger partial charge in [-0.25, -0.2) is 14.5 Å². The van der Waals surface area contributed by atoms with Gasteiger partial charge < -0.3 is 35.3 Å². The monoisotopic (exact) mass is 579 g/mol. The molecule has 1 aliphatic rings. The minimum Gasteiger partial charge on any atom is -0.462 e. The fourth-order valence-corrected chi connectivity index (χ4v) is 5.58. The molecule has 218 valence electrons. The molecule has 1 aliphatic heterocycles. The van der Waals surface area contributed by atoms with Gasteiger partial charge in [-0.05, 0) is 32.9 Å². The summed E-state index contributed by atoms with van der Waals surface area (Å²) in [5.74, 6) is -0.404. The second-order valence-electron chi connectivity index (χ2n) is 9.45. The number of hydrogen-bond acceptors (Lipinski definition) is 13. The second-order valence-corrected chi connectivity index (χ2v) is 11.1. The van der Waals surface area contributed by atoms with Crippen LogP contribution in [-0.4, -0.2) is 74.7 Å². The number of para-hydroxylation sites is 1. The Morgan fingerprint density at radius 1 is 1.25 bits per heavy atom. The van der Waals surface area contributed by atoms with Gasteiger partial charge in [0.2, 0.25) is 5.95 Å². The number of nitrogens with one attached hydrogen (secondary N) is 1. The molecule has 0 radical (unpaired) electrons. The molecule has 1 saturated heterocycles. The van der Waals surface area contributed by atoms with Crippen LogP contribution in [0.5, 0.6) is 5.75 Å². The van der Waals surface area contributed by atoms with E-state index in [1.54, 1.807) is 44.2 Å². The molecule has 0 aliphatic carbocycles. The van der Waals surface area contributed by atoms with E-state index in [2.05, 4.69) is 20.0 Å². The minimum atomic E-state index is -4.19. The molecule has 0 spiro atoms. The third kappa shape index (κ3) is 6.75. The molecule has 4 rings (SSSR count). The molecule has 1 aromatic carbocycles. The lowest BCUT2D eigenvalue weighted by Gasteiger charge is -2.25. The van der Waals surface area contributed by atoms with Crippen molar-refractivity contribution in [3.63, 3.8) is 0 Å². The van der Waals surface area contributed by atoms with E-state index in [0.717, 1.165) is 0 Å². The summed E-state index contributed by atoms with van der Waals surface area (Å²) in [4.78, 5) is 25.1. The fourth-order valence-electron chi connectivity index (χ4n) is 4.08. The van der Waals surface area contributed by atoms with Gasteiger partial charge in [-0.1, -0.05) is 18.2 Å². The van der Waals surface area contributed by atoms with E-state index in [1.807, 2.05) is 0 Å². The molecule has 0 unspecified atom stereocenters. The number of carbonyl (C=O) groups excluding carboxylic acids is 1. The summed E-state index contributed by atoms with van der Waals surface area (Å²) < 4.78 is 43.0. The van der Waals surface area contributed by atoms with Gasteiger partial charge in [0.05, 0.1) is 37.4 Å². The van der Waals surface area contributed by atoms with E-state index in [1.165, 1.54) is 24.9 Å². The van der Waals surface area contributed by atoms with Crippen LogP contribution in [0.2, 0.25) is 0 Å². The van der Waals surface area contributed by atoms with Crippen LogP contribution >= 0.6 is 7.75 Å². The number of nitrogens with zero attached hydrogens (tertiary/aromatic N) is 4. The van der Waals surface area contributed by atoms with Crippen molar-refractivity contribution in [2.45, 2.75) is 64.0 Å². The van der Waals surface area contributed by atoms with E-state index in [9.17, 15) is 14.5 Å². The molecule has 0 saturated carbocycles. The van der Waals surface area contributed by atoms with Gasteiger partial charge in [0.25, 0.3) is 0 Å². The Labute approximate surface area is 230 Å². The zero-order valence-electron chi connectivity index (χ0n) is 22.5. The maximum absolute atomic E-state index is 13.8. The zero-order valence-corrected chi connectivity index (χ0v) is 23.4. The Morgan fingerprint density at radius 2 is 1.98 bits per heavy atom. The highest BCUT2D eigenvalue weighted by molar-refractivity contribution is 7.52. The largest absolute Gasteiger partial charge is 0.462 e. The van der Waals surface area contributed by atoms with Gasteiger partial charge in [-0.15, -0.1) is 0 Å². The highest BCUT2D eigenvalue weighted by atomic mass is 31.2. The number of nitrogens with two attached hydrogens (primary N) is 2. The van der Waals surface area contributed by atoms with E-state index in [-0.39, 0.29) is 24.4 Å². The first-order valence-electron chi connectivity index (χ1n) is 12.6. The highest BCUT2D eigenvalue weighted by Gasteiger charge is 2.45. The smallest absolute Gasteiger partial charge is 0.459 e. The Balaban J connectivity index is 1.52. The molecular formula is C24H34N7O8P. The van der Waals surface area contributed by atoms with Gasteiger partial charge in [0.1, 0.15) is 29.5 Å². The van der Waals surface area contributed by atoms with Crippen LogP contribution in [0.4, 0.5) is 5.95 Å². The van der Waals surface area contributed by atoms with Crippen LogP contribution in [0.15, 0.2) is 36.7 Å². The van der Waals surface area contributed by atoms with E-state index >= 15 is 0 Å². The van der Waals surface area contributed by atoms with Gasteiger partial charge in [0.15, 0.2) is 11.9 Å². The van der Waals surface area contributed by atoms with Crippen LogP contribution in [0, 0.1) is 0 Å². The maximum atomic E-state index is 13.8.